The first-order valence-corrected chi connectivity index (χ1v) is 8.55. The maximum atomic E-state index is 12.9. The van der Waals surface area contributed by atoms with Crippen LogP contribution in [0.1, 0.15) is 10.6 Å². The summed E-state index contributed by atoms with van der Waals surface area (Å²) in [6, 6.07) is 9.33. The number of benzene rings is 1. The third-order valence-corrected chi connectivity index (χ3v) is 4.92. The lowest BCUT2D eigenvalue weighted by molar-refractivity contribution is -0.138. The topological polar surface area (TPSA) is 78.9 Å². The van der Waals surface area contributed by atoms with Gasteiger partial charge in [-0.15, -0.1) is 11.3 Å². The molecule has 0 unspecified atom stereocenters. The molecule has 1 N–H and O–H groups in total. The van der Waals surface area contributed by atoms with Crippen molar-refractivity contribution in [2.45, 2.75) is 12.7 Å². The molecule has 0 atom stereocenters. The molecule has 0 saturated heterocycles. The monoisotopic (exact) mass is 411 g/mol. The lowest BCUT2D eigenvalue weighted by Gasteiger charge is -2.12. The number of fused-ring (bicyclic) bond motifs is 1. The Morgan fingerprint density at radius 1 is 1.37 bits per heavy atom. The van der Waals surface area contributed by atoms with Gasteiger partial charge in [-0.25, -0.2) is 4.98 Å². The fourth-order valence-electron chi connectivity index (χ4n) is 2.33. The number of hydrogen-bond donors (Lipinski definition) is 1. The summed E-state index contributed by atoms with van der Waals surface area (Å²) in [5.74, 6) is -0.589. The summed E-state index contributed by atoms with van der Waals surface area (Å²) in [6.45, 7) is -0.651. The van der Waals surface area contributed by atoms with E-state index >= 15 is 0 Å². The fourth-order valence-corrected chi connectivity index (χ4v) is 3.54. The molecule has 0 aliphatic rings. The van der Waals surface area contributed by atoms with Crippen LogP contribution in [0.2, 0.25) is 5.02 Å². The molecule has 2 aromatic heterocycles. The summed E-state index contributed by atoms with van der Waals surface area (Å²) in [7, 11) is 0. The molecule has 0 radical (unpaired) electrons. The standard InChI is InChI=1S/C17H9ClF3N3O2S/c18-11-5-9(17(19,20)21)7-24(16(11)26)8-13(25)10(6-22)15-23-12-3-1-2-4-14(12)27-15/h1-5,7,25H,8H2. The molecule has 0 bridgehead atoms. The molecule has 0 aliphatic heterocycles. The van der Waals surface area contributed by atoms with Crippen LogP contribution in [0.3, 0.4) is 0 Å². The van der Waals surface area contributed by atoms with Crippen molar-refractivity contribution in [3.05, 3.63) is 68.2 Å². The Morgan fingerprint density at radius 3 is 2.70 bits per heavy atom. The van der Waals surface area contributed by atoms with E-state index in [0.717, 1.165) is 16.0 Å². The number of allylic oxidation sites excluding steroid dienone is 2. The fraction of sp³-hybridized carbons (Fsp3) is 0.118. The molecular weight excluding hydrogens is 403 g/mol. The van der Waals surface area contributed by atoms with Crippen LogP contribution in [0, 0.1) is 11.3 Å². The first-order chi connectivity index (χ1) is 12.7. The van der Waals surface area contributed by atoms with Crippen LogP contribution in [-0.4, -0.2) is 14.7 Å². The van der Waals surface area contributed by atoms with E-state index in [9.17, 15) is 28.3 Å². The van der Waals surface area contributed by atoms with Gasteiger partial charge in [-0.1, -0.05) is 23.7 Å². The van der Waals surface area contributed by atoms with Crippen molar-refractivity contribution in [2.75, 3.05) is 0 Å². The summed E-state index contributed by atoms with van der Waals surface area (Å²) in [5, 5.41) is 19.2. The van der Waals surface area contributed by atoms with E-state index in [0.29, 0.717) is 22.3 Å². The first kappa shape index (κ1) is 18.9. The van der Waals surface area contributed by atoms with Gasteiger partial charge in [0.2, 0.25) is 0 Å². The maximum absolute atomic E-state index is 12.9. The highest BCUT2D eigenvalue weighted by Crippen LogP contribution is 2.31. The molecular formula is C17H9ClF3N3O2S. The van der Waals surface area contributed by atoms with Crippen molar-refractivity contribution in [2.24, 2.45) is 0 Å². The Morgan fingerprint density at radius 2 is 2.07 bits per heavy atom. The molecule has 3 aromatic rings. The van der Waals surface area contributed by atoms with Gasteiger partial charge in [0.15, 0.2) is 0 Å². The second-order valence-corrected chi connectivity index (χ2v) is 6.87. The second-order valence-electron chi connectivity index (χ2n) is 5.43. The lowest BCUT2D eigenvalue weighted by Crippen LogP contribution is -2.24. The number of alkyl halides is 3. The van der Waals surface area contributed by atoms with E-state index in [1.807, 2.05) is 0 Å². The number of pyridine rings is 1. The summed E-state index contributed by atoms with van der Waals surface area (Å²) in [6.07, 6.45) is -4.18. The molecule has 0 amide bonds. The molecule has 138 valence electrons. The van der Waals surface area contributed by atoms with Crippen LogP contribution < -0.4 is 5.56 Å². The van der Waals surface area contributed by atoms with Gasteiger partial charge in [0.25, 0.3) is 5.56 Å². The van der Waals surface area contributed by atoms with E-state index in [2.05, 4.69) is 4.98 Å². The maximum Gasteiger partial charge on any atom is 0.417 e. The molecule has 5 nitrogen and oxygen atoms in total. The Kier molecular flexibility index (Phi) is 4.95. The molecule has 3 rings (SSSR count). The zero-order chi connectivity index (χ0) is 19.8. The number of aromatic nitrogens is 2. The lowest BCUT2D eigenvalue weighted by atomic mass is 10.2. The zero-order valence-corrected chi connectivity index (χ0v) is 14.9. The summed E-state index contributed by atoms with van der Waals surface area (Å²) in [4.78, 5) is 16.2. The average molecular weight is 412 g/mol. The average Bonchev–Trinajstić information content (AvgIpc) is 3.02. The summed E-state index contributed by atoms with van der Waals surface area (Å²) < 4.78 is 40.1. The number of thiazole rings is 1. The number of rotatable bonds is 3. The van der Waals surface area contributed by atoms with Crippen LogP contribution in [0.4, 0.5) is 13.2 Å². The molecule has 0 saturated carbocycles. The van der Waals surface area contributed by atoms with Gasteiger partial charge >= 0.3 is 6.18 Å². The molecule has 2 heterocycles. The van der Waals surface area contributed by atoms with Crippen LogP contribution in [0.5, 0.6) is 0 Å². The van der Waals surface area contributed by atoms with Gasteiger partial charge < -0.3 is 9.67 Å². The SMILES string of the molecule is N#CC(=C(O)Cn1cc(C(F)(F)F)cc(Cl)c1=O)c1nc2ccccc2s1. The van der Waals surface area contributed by atoms with E-state index in [1.54, 1.807) is 30.3 Å². The molecule has 0 aliphatic carbocycles. The second kappa shape index (κ2) is 7.06. The van der Waals surface area contributed by atoms with Crippen molar-refractivity contribution < 1.29 is 18.3 Å². The van der Waals surface area contributed by atoms with E-state index < -0.39 is 34.6 Å². The number of para-hydroxylation sites is 1. The Balaban J connectivity index is 2.06. The van der Waals surface area contributed by atoms with Gasteiger partial charge in [0.1, 0.15) is 27.4 Å². The smallest absolute Gasteiger partial charge is 0.417 e. The van der Waals surface area contributed by atoms with Gasteiger partial charge in [-0.05, 0) is 18.2 Å². The quantitative estimate of drug-likeness (QED) is 0.503. The first-order valence-electron chi connectivity index (χ1n) is 7.36. The van der Waals surface area contributed by atoms with E-state index in [1.165, 1.54) is 0 Å². The number of nitrogens with zero attached hydrogens (tertiary/aromatic N) is 3. The molecule has 0 fully saturated rings. The van der Waals surface area contributed by atoms with Crippen molar-refractivity contribution >= 4 is 38.7 Å². The molecule has 0 spiro atoms. The van der Waals surface area contributed by atoms with Crippen molar-refractivity contribution in [1.82, 2.24) is 9.55 Å². The number of halogens is 4. The number of aliphatic hydroxyl groups excluding tert-OH is 1. The molecule has 27 heavy (non-hydrogen) atoms. The zero-order valence-electron chi connectivity index (χ0n) is 13.3. The van der Waals surface area contributed by atoms with Crippen LogP contribution >= 0.6 is 22.9 Å². The highest BCUT2D eigenvalue weighted by molar-refractivity contribution is 7.19. The minimum absolute atomic E-state index is 0.197. The number of nitriles is 1. The van der Waals surface area contributed by atoms with E-state index in [4.69, 9.17) is 11.6 Å². The van der Waals surface area contributed by atoms with Crippen molar-refractivity contribution in [1.29, 1.82) is 5.26 Å². The summed E-state index contributed by atoms with van der Waals surface area (Å²) >= 11 is 6.72. The van der Waals surface area contributed by atoms with Crippen LogP contribution in [0.25, 0.3) is 15.8 Å². The highest BCUT2D eigenvalue weighted by Gasteiger charge is 2.32. The van der Waals surface area contributed by atoms with Gasteiger partial charge in [0.05, 0.1) is 22.3 Å². The molecule has 1 aromatic carbocycles. The van der Waals surface area contributed by atoms with Gasteiger partial charge in [0, 0.05) is 6.20 Å². The Labute approximate surface area is 159 Å². The van der Waals surface area contributed by atoms with Crippen LogP contribution in [0.15, 0.2) is 47.1 Å². The predicted octanol–water partition coefficient (Wildman–Crippen LogP) is 4.62. The van der Waals surface area contributed by atoms with E-state index in [-0.39, 0.29) is 10.6 Å². The number of hydrogen-bond acceptors (Lipinski definition) is 5. The number of aliphatic hydroxyl groups is 1. The summed E-state index contributed by atoms with van der Waals surface area (Å²) in [5.41, 5.74) is -1.68. The predicted molar refractivity (Wildman–Crippen MR) is 95.5 cm³/mol. The van der Waals surface area contributed by atoms with Gasteiger partial charge in [-0.2, -0.15) is 18.4 Å². The highest BCUT2D eigenvalue weighted by atomic mass is 35.5. The Hall–Kier alpha value is -2.83. The third-order valence-electron chi connectivity index (χ3n) is 3.60. The van der Waals surface area contributed by atoms with Crippen molar-refractivity contribution in [3.63, 3.8) is 0 Å². The van der Waals surface area contributed by atoms with Gasteiger partial charge in [-0.3, -0.25) is 4.79 Å². The Bertz CT molecular complexity index is 1130. The van der Waals surface area contributed by atoms with Crippen LogP contribution in [-0.2, 0) is 12.7 Å². The third kappa shape index (κ3) is 3.82. The molecule has 10 heteroatoms. The minimum atomic E-state index is -4.72. The largest absolute Gasteiger partial charge is 0.509 e. The van der Waals surface area contributed by atoms with Crippen molar-refractivity contribution in [3.8, 4) is 6.07 Å². The normalized spacial score (nSPS) is 12.7. The minimum Gasteiger partial charge on any atom is -0.509 e.